The molecule has 0 aliphatic carbocycles. The molecule has 3 rings (SSSR count). The van der Waals surface area contributed by atoms with Crippen molar-refractivity contribution in [3.05, 3.63) is 60.2 Å². The van der Waals surface area contributed by atoms with Crippen LogP contribution in [0.4, 0.5) is 0 Å². The number of aliphatic imine (C=N–C) groups is 1. The Morgan fingerprint density at radius 1 is 1.10 bits per heavy atom. The van der Waals surface area contributed by atoms with Gasteiger partial charge in [0.2, 0.25) is 0 Å². The fraction of sp³-hybridized carbons (Fsp3) is 0.188. The van der Waals surface area contributed by atoms with Gasteiger partial charge >= 0.3 is 0 Å². The minimum atomic E-state index is 0.0653. The summed E-state index contributed by atoms with van der Waals surface area (Å²) < 4.78 is 11.1. The van der Waals surface area contributed by atoms with Gasteiger partial charge in [-0.2, -0.15) is 0 Å². The van der Waals surface area contributed by atoms with Gasteiger partial charge in [-0.25, -0.2) is 4.99 Å². The minimum absolute atomic E-state index is 0.0653. The fourth-order valence-corrected chi connectivity index (χ4v) is 2.18. The van der Waals surface area contributed by atoms with Crippen LogP contribution in [-0.4, -0.2) is 18.7 Å². The van der Waals surface area contributed by atoms with Crippen molar-refractivity contribution in [1.29, 1.82) is 0 Å². The monoisotopic (exact) mass is 268 g/mol. The maximum Gasteiger partial charge on any atom is 0.282 e. The molecule has 20 heavy (non-hydrogen) atoms. The Hall–Kier alpha value is -2.49. The number of rotatable bonds is 4. The Bertz CT molecular complexity index is 611. The smallest absolute Gasteiger partial charge is 0.282 e. The van der Waals surface area contributed by atoms with E-state index in [9.17, 15) is 0 Å². The van der Waals surface area contributed by atoms with Crippen LogP contribution in [0.5, 0.6) is 11.5 Å². The van der Waals surface area contributed by atoms with E-state index in [-0.39, 0.29) is 12.1 Å². The Morgan fingerprint density at radius 2 is 1.85 bits per heavy atom. The van der Waals surface area contributed by atoms with Gasteiger partial charge in [0.15, 0.2) is 0 Å². The molecule has 0 radical (unpaired) electrons. The van der Waals surface area contributed by atoms with Gasteiger partial charge < -0.3 is 15.2 Å². The molecule has 1 unspecified atom stereocenters. The molecule has 4 heteroatoms. The lowest BCUT2D eigenvalue weighted by molar-refractivity contribution is 0.311. The van der Waals surface area contributed by atoms with Crippen molar-refractivity contribution in [2.24, 2.45) is 10.7 Å². The Balaban J connectivity index is 1.78. The van der Waals surface area contributed by atoms with Crippen LogP contribution in [0.1, 0.15) is 5.56 Å². The third kappa shape index (κ3) is 2.91. The van der Waals surface area contributed by atoms with Gasteiger partial charge in [0.1, 0.15) is 18.1 Å². The molecule has 1 atom stereocenters. The summed E-state index contributed by atoms with van der Waals surface area (Å²) in [6.07, 6.45) is 0.754. The number of hydrogen-bond donors (Lipinski definition) is 1. The molecule has 1 aliphatic heterocycles. The maximum atomic E-state index is 5.93. The topological polar surface area (TPSA) is 56.8 Å². The molecule has 0 spiro atoms. The lowest BCUT2D eigenvalue weighted by Gasteiger charge is -2.12. The van der Waals surface area contributed by atoms with Gasteiger partial charge in [-0.15, -0.1) is 0 Å². The van der Waals surface area contributed by atoms with Crippen molar-refractivity contribution < 1.29 is 9.47 Å². The highest BCUT2D eigenvalue weighted by atomic mass is 16.5. The predicted octanol–water partition coefficient (Wildman–Crippen LogP) is 2.73. The van der Waals surface area contributed by atoms with Gasteiger partial charge in [-0.1, -0.05) is 36.4 Å². The van der Waals surface area contributed by atoms with Crippen LogP contribution in [0, 0.1) is 0 Å². The summed E-state index contributed by atoms with van der Waals surface area (Å²) in [5, 5.41) is 0. The Labute approximate surface area is 117 Å². The van der Waals surface area contributed by atoms with E-state index >= 15 is 0 Å². The number of ether oxygens (including phenoxy) is 2. The van der Waals surface area contributed by atoms with Crippen molar-refractivity contribution >= 4 is 6.02 Å². The summed E-state index contributed by atoms with van der Waals surface area (Å²) in [4.78, 5) is 4.25. The molecule has 0 bridgehead atoms. The van der Waals surface area contributed by atoms with Crippen LogP contribution in [0.3, 0.4) is 0 Å². The van der Waals surface area contributed by atoms with E-state index < -0.39 is 0 Å². The molecule has 102 valence electrons. The first-order valence-corrected chi connectivity index (χ1v) is 6.58. The molecule has 2 aromatic carbocycles. The predicted molar refractivity (Wildman–Crippen MR) is 78.0 cm³/mol. The van der Waals surface area contributed by atoms with Crippen molar-refractivity contribution in [2.75, 3.05) is 6.61 Å². The maximum absolute atomic E-state index is 5.93. The molecule has 2 N–H and O–H groups in total. The van der Waals surface area contributed by atoms with Crippen LogP contribution in [0.25, 0.3) is 0 Å². The van der Waals surface area contributed by atoms with Crippen LogP contribution < -0.4 is 10.5 Å². The summed E-state index contributed by atoms with van der Waals surface area (Å²) in [5.41, 5.74) is 6.64. The van der Waals surface area contributed by atoms with E-state index in [0.717, 1.165) is 23.5 Å². The molecule has 0 amide bonds. The molecule has 4 nitrogen and oxygen atoms in total. The van der Waals surface area contributed by atoms with Gasteiger partial charge in [0.05, 0.1) is 6.04 Å². The van der Waals surface area contributed by atoms with Crippen LogP contribution in [0.2, 0.25) is 0 Å². The first-order chi connectivity index (χ1) is 9.81. The molecule has 0 aromatic heterocycles. The lowest BCUT2D eigenvalue weighted by Crippen LogP contribution is -2.11. The van der Waals surface area contributed by atoms with Crippen molar-refractivity contribution in [1.82, 2.24) is 0 Å². The second-order valence-corrected chi connectivity index (χ2v) is 4.66. The second kappa shape index (κ2) is 5.65. The zero-order valence-electron chi connectivity index (χ0n) is 11.0. The van der Waals surface area contributed by atoms with Crippen LogP contribution >= 0.6 is 0 Å². The van der Waals surface area contributed by atoms with E-state index in [1.165, 1.54) is 0 Å². The molecule has 2 aromatic rings. The van der Waals surface area contributed by atoms with E-state index in [1.807, 2.05) is 54.6 Å². The highest BCUT2D eigenvalue weighted by Crippen LogP contribution is 2.26. The number of hydrogen-bond acceptors (Lipinski definition) is 4. The molecular formula is C16H16N2O2. The molecule has 0 fully saturated rings. The van der Waals surface area contributed by atoms with E-state index in [2.05, 4.69) is 4.99 Å². The number of para-hydroxylation sites is 2. The highest BCUT2D eigenvalue weighted by Gasteiger charge is 2.18. The van der Waals surface area contributed by atoms with Gasteiger partial charge in [0.25, 0.3) is 6.02 Å². The summed E-state index contributed by atoms with van der Waals surface area (Å²) >= 11 is 0. The second-order valence-electron chi connectivity index (χ2n) is 4.66. The summed E-state index contributed by atoms with van der Waals surface area (Å²) in [6, 6.07) is 18.0. The van der Waals surface area contributed by atoms with Crippen molar-refractivity contribution in [3.63, 3.8) is 0 Å². The van der Waals surface area contributed by atoms with Crippen LogP contribution in [-0.2, 0) is 11.2 Å². The molecule has 0 saturated heterocycles. The normalized spacial score (nSPS) is 17.4. The third-order valence-corrected chi connectivity index (χ3v) is 3.13. The number of nitrogens with zero attached hydrogens (tertiary/aromatic N) is 1. The zero-order valence-corrected chi connectivity index (χ0v) is 11.0. The van der Waals surface area contributed by atoms with E-state index in [0.29, 0.717) is 6.61 Å². The van der Waals surface area contributed by atoms with Gasteiger partial charge in [0, 0.05) is 6.42 Å². The molecule has 1 heterocycles. The average molecular weight is 268 g/mol. The van der Waals surface area contributed by atoms with Crippen molar-refractivity contribution in [2.45, 2.75) is 12.5 Å². The average Bonchev–Trinajstić information content (AvgIpc) is 2.88. The third-order valence-electron chi connectivity index (χ3n) is 3.13. The highest BCUT2D eigenvalue weighted by molar-refractivity contribution is 5.73. The number of amidine groups is 1. The minimum Gasteiger partial charge on any atom is -0.463 e. The van der Waals surface area contributed by atoms with Crippen LogP contribution in [0.15, 0.2) is 59.6 Å². The van der Waals surface area contributed by atoms with Gasteiger partial charge in [-0.3, -0.25) is 0 Å². The fourth-order valence-electron chi connectivity index (χ4n) is 2.18. The van der Waals surface area contributed by atoms with E-state index in [1.54, 1.807) is 0 Å². The standard InChI is InChI=1S/C16H16N2O2/c17-16-18-13(11-19-16)10-12-6-4-5-9-15(12)20-14-7-2-1-3-8-14/h1-9,13H,10-11H2,(H2,17,18). The Morgan fingerprint density at radius 3 is 2.60 bits per heavy atom. The first kappa shape index (κ1) is 12.5. The molecule has 0 saturated carbocycles. The zero-order chi connectivity index (χ0) is 13.8. The lowest BCUT2D eigenvalue weighted by atomic mass is 10.1. The van der Waals surface area contributed by atoms with Gasteiger partial charge in [-0.05, 0) is 23.8 Å². The number of nitrogens with two attached hydrogens (primary N) is 1. The summed E-state index contributed by atoms with van der Waals surface area (Å²) in [7, 11) is 0. The largest absolute Gasteiger partial charge is 0.463 e. The first-order valence-electron chi connectivity index (χ1n) is 6.58. The molecule has 1 aliphatic rings. The Kier molecular flexibility index (Phi) is 3.54. The SMILES string of the molecule is NC1=NC(Cc2ccccc2Oc2ccccc2)CO1. The molecular weight excluding hydrogens is 252 g/mol. The van der Waals surface area contributed by atoms with Crippen molar-refractivity contribution in [3.8, 4) is 11.5 Å². The quantitative estimate of drug-likeness (QED) is 0.927. The summed E-state index contributed by atoms with van der Waals surface area (Å²) in [6.45, 7) is 0.533. The summed E-state index contributed by atoms with van der Waals surface area (Å²) in [5.74, 6) is 1.67. The van der Waals surface area contributed by atoms with E-state index in [4.69, 9.17) is 15.2 Å². The number of benzene rings is 2.